The number of aryl methyl sites for hydroxylation is 3. The maximum absolute atomic E-state index is 8.78. The van der Waals surface area contributed by atoms with E-state index in [0.29, 0.717) is 19.5 Å². The molecule has 0 amide bonds. The first kappa shape index (κ1) is 15.0. The number of nitrogens with one attached hydrogen (secondary N) is 1. The molecular formula is C14H19BrN4O. The van der Waals surface area contributed by atoms with E-state index in [4.69, 9.17) is 5.11 Å². The Labute approximate surface area is 127 Å². The third-order valence-corrected chi connectivity index (χ3v) is 4.29. The van der Waals surface area contributed by atoms with Gasteiger partial charge in [-0.05, 0) is 43.5 Å². The molecule has 2 rings (SSSR count). The Morgan fingerprint density at radius 3 is 2.65 bits per heavy atom. The number of nitrogens with zero attached hydrogens (tertiary/aromatic N) is 3. The topological polar surface area (TPSA) is 63.0 Å². The number of hydrogen-bond acceptors (Lipinski definition) is 4. The van der Waals surface area contributed by atoms with Crippen molar-refractivity contribution >= 4 is 21.6 Å². The van der Waals surface area contributed by atoms with Crippen LogP contribution in [0.3, 0.4) is 0 Å². The van der Waals surface area contributed by atoms with Gasteiger partial charge in [0.1, 0.15) is 5.69 Å². The van der Waals surface area contributed by atoms with Gasteiger partial charge in [0, 0.05) is 23.3 Å². The van der Waals surface area contributed by atoms with Crippen molar-refractivity contribution in [2.24, 2.45) is 0 Å². The average molecular weight is 339 g/mol. The number of aliphatic hydroxyl groups is 1. The zero-order valence-electron chi connectivity index (χ0n) is 11.7. The Morgan fingerprint density at radius 1 is 1.30 bits per heavy atom. The van der Waals surface area contributed by atoms with Crippen LogP contribution in [-0.2, 0) is 13.1 Å². The molecular weight excluding hydrogens is 320 g/mol. The number of aromatic nitrogens is 3. The monoisotopic (exact) mass is 338 g/mol. The van der Waals surface area contributed by atoms with E-state index in [0.717, 1.165) is 15.9 Å². The van der Waals surface area contributed by atoms with Crippen molar-refractivity contribution in [3.05, 3.63) is 39.6 Å². The lowest BCUT2D eigenvalue weighted by atomic mass is 10.1. The molecule has 0 aliphatic heterocycles. The highest BCUT2D eigenvalue weighted by Crippen LogP contribution is 2.25. The van der Waals surface area contributed by atoms with Gasteiger partial charge < -0.3 is 10.4 Å². The number of hydrogen-bond donors (Lipinski definition) is 2. The van der Waals surface area contributed by atoms with Crippen LogP contribution in [0.25, 0.3) is 0 Å². The fourth-order valence-electron chi connectivity index (χ4n) is 2.00. The molecule has 2 aromatic rings. The molecule has 2 N–H and O–H groups in total. The lowest BCUT2D eigenvalue weighted by Gasteiger charge is -2.09. The van der Waals surface area contributed by atoms with Gasteiger partial charge in [-0.15, -0.1) is 5.10 Å². The SMILES string of the molecule is Cc1cc(NCc2cn(CCCO)nn2)cc(C)c1Br. The van der Waals surface area contributed by atoms with Gasteiger partial charge in [-0.25, -0.2) is 0 Å². The number of rotatable bonds is 6. The fourth-order valence-corrected chi connectivity index (χ4v) is 2.23. The minimum absolute atomic E-state index is 0.172. The van der Waals surface area contributed by atoms with Gasteiger partial charge in [0.05, 0.1) is 12.7 Å². The molecule has 0 bridgehead atoms. The van der Waals surface area contributed by atoms with E-state index in [2.05, 4.69) is 57.5 Å². The van der Waals surface area contributed by atoms with Gasteiger partial charge >= 0.3 is 0 Å². The van der Waals surface area contributed by atoms with Crippen molar-refractivity contribution < 1.29 is 5.11 Å². The molecule has 20 heavy (non-hydrogen) atoms. The van der Waals surface area contributed by atoms with Crippen LogP contribution in [0.5, 0.6) is 0 Å². The van der Waals surface area contributed by atoms with Gasteiger partial charge in [0.15, 0.2) is 0 Å². The van der Waals surface area contributed by atoms with Crippen LogP contribution in [0.15, 0.2) is 22.8 Å². The maximum Gasteiger partial charge on any atom is 0.102 e. The van der Waals surface area contributed by atoms with Crippen LogP contribution in [-0.4, -0.2) is 26.7 Å². The number of anilines is 1. The number of aliphatic hydroxyl groups excluding tert-OH is 1. The summed E-state index contributed by atoms with van der Waals surface area (Å²) in [4.78, 5) is 0. The third-order valence-electron chi connectivity index (χ3n) is 3.04. The smallest absolute Gasteiger partial charge is 0.102 e. The molecule has 5 nitrogen and oxygen atoms in total. The number of benzene rings is 1. The minimum atomic E-state index is 0.172. The van der Waals surface area contributed by atoms with Crippen molar-refractivity contribution in [2.45, 2.75) is 33.4 Å². The van der Waals surface area contributed by atoms with Gasteiger partial charge in [-0.2, -0.15) is 0 Å². The predicted octanol–water partition coefficient (Wildman–Crippen LogP) is 2.65. The zero-order valence-corrected chi connectivity index (χ0v) is 13.3. The molecule has 0 aliphatic rings. The van der Waals surface area contributed by atoms with Crippen molar-refractivity contribution in [2.75, 3.05) is 11.9 Å². The Bertz CT molecular complexity index is 559. The maximum atomic E-state index is 8.78. The van der Waals surface area contributed by atoms with Crippen molar-refractivity contribution in [1.82, 2.24) is 15.0 Å². The van der Waals surface area contributed by atoms with Crippen molar-refractivity contribution in [3.8, 4) is 0 Å². The van der Waals surface area contributed by atoms with Crippen LogP contribution >= 0.6 is 15.9 Å². The summed E-state index contributed by atoms with van der Waals surface area (Å²) in [6, 6.07) is 4.21. The summed E-state index contributed by atoms with van der Waals surface area (Å²) in [7, 11) is 0. The second kappa shape index (κ2) is 6.85. The van der Waals surface area contributed by atoms with Crippen molar-refractivity contribution in [1.29, 1.82) is 0 Å². The van der Waals surface area contributed by atoms with E-state index in [1.54, 1.807) is 4.68 Å². The first-order chi connectivity index (χ1) is 9.60. The second-order valence-electron chi connectivity index (χ2n) is 4.83. The first-order valence-corrected chi connectivity index (χ1v) is 7.40. The third kappa shape index (κ3) is 3.80. The predicted molar refractivity (Wildman–Crippen MR) is 82.7 cm³/mol. The summed E-state index contributed by atoms with van der Waals surface area (Å²) in [5, 5.41) is 20.3. The van der Waals surface area contributed by atoms with Gasteiger partial charge in [0.25, 0.3) is 0 Å². The summed E-state index contributed by atoms with van der Waals surface area (Å²) >= 11 is 3.56. The summed E-state index contributed by atoms with van der Waals surface area (Å²) in [6.07, 6.45) is 2.60. The van der Waals surface area contributed by atoms with Crippen LogP contribution in [0.4, 0.5) is 5.69 Å². The van der Waals surface area contributed by atoms with Gasteiger partial charge in [-0.1, -0.05) is 21.1 Å². The second-order valence-corrected chi connectivity index (χ2v) is 5.62. The summed E-state index contributed by atoms with van der Waals surface area (Å²) < 4.78 is 2.91. The Morgan fingerprint density at radius 2 is 2.00 bits per heavy atom. The summed E-state index contributed by atoms with van der Waals surface area (Å²) in [5.41, 5.74) is 4.38. The minimum Gasteiger partial charge on any atom is -0.396 e. The number of halogens is 1. The molecule has 0 spiro atoms. The molecule has 0 saturated heterocycles. The Hall–Kier alpha value is -1.40. The Kier molecular flexibility index (Phi) is 5.14. The molecule has 0 saturated carbocycles. The van der Waals surface area contributed by atoms with E-state index in [9.17, 15) is 0 Å². The van der Waals surface area contributed by atoms with Gasteiger partial charge in [0.2, 0.25) is 0 Å². The normalized spacial score (nSPS) is 10.8. The Balaban J connectivity index is 1.96. The van der Waals surface area contributed by atoms with E-state index < -0.39 is 0 Å². The molecule has 108 valence electrons. The molecule has 0 unspecified atom stereocenters. The van der Waals surface area contributed by atoms with Crippen LogP contribution < -0.4 is 5.32 Å². The van der Waals surface area contributed by atoms with Gasteiger partial charge in [-0.3, -0.25) is 4.68 Å². The highest BCUT2D eigenvalue weighted by atomic mass is 79.9. The molecule has 1 aromatic carbocycles. The quantitative estimate of drug-likeness (QED) is 0.849. The molecule has 0 atom stereocenters. The largest absolute Gasteiger partial charge is 0.396 e. The molecule has 1 heterocycles. The molecule has 0 radical (unpaired) electrons. The van der Waals surface area contributed by atoms with E-state index in [-0.39, 0.29) is 6.61 Å². The summed E-state index contributed by atoms with van der Waals surface area (Å²) in [6.45, 7) is 5.66. The fraction of sp³-hybridized carbons (Fsp3) is 0.429. The van der Waals surface area contributed by atoms with Crippen LogP contribution in [0, 0.1) is 13.8 Å². The average Bonchev–Trinajstić information content (AvgIpc) is 2.88. The molecule has 0 aliphatic carbocycles. The van der Waals surface area contributed by atoms with Crippen molar-refractivity contribution in [3.63, 3.8) is 0 Å². The van der Waals surface area contributed by atoms with Crippen LogP contribution in [0.1, 0.15) is 23.2 Å². The van der Waals surface area contributed by atoms with Crippen LogP contribution in [0.2, 0.25) is 0 Å². The lowest BCUT2D eigenvalue weighted by molar-refractivity contribution is 0.276. The molecule has 1 aromatic heterocycles. The van der Waals surface area contributed by atoms with E-state index in [1.165, 1.54) is 11.1 Å². The molecule has 6 heteroatoms. The highest BCUT2D eigenvalue weighted by Gasteiger charge is 2.04. The summed E-state index contributed by atoms with van der Waals surface area (Å²) in [5.74, 6) is 0. The van der Waals surface area contributed by atoms with E-state index in [1.807, 2.05) is 6.20 Å². The van der Waals surface area contributed by atoms with E-state index >= 15 is 0 Å². The zero-order chi connectivity index (χ0) is 14.5. The first-order valence-electron chi connectivity index (χ1n) is 6.60. The lowest BCUT2D eigenvalue weighted by Crippen LogP contribution is -2.01. The standard InChI is InChI=1S/C14H19BrN4O/c1-10-6-12(7-11(2)14(10)15)16-8-13-9-19(18-17-13)4-3-5-20/h6-7,9,16,20H,3-5,8H2,1-2H3. The highest BCUT2D eigenvalue weighted by molar-refractivity contribution is 9.10. The molecule has 0 fully saturated rings.